The van der Waals surface area contributed by atoms with Gasteiger partial charge in [-0.15, -0.1) is 0 Å². The van der Waals surface area contributed by atoms with Gasteiger partial charge in [-0.05, 0) is 71.6 Å². The van der Waals surface area contributed by atoms with Crippen molar-refractivity contribution in [1.82, 2.24) is 5.32 Å². The van der Waals surface area contributed by atoms with E-state index < -0.39 is 36.0 Å². The number of carboxylic acids is 1. The molecule has 0 bridgehead atoms. The number of carbonyl (C=O) groups excluding carboxylic acids is 1. The van der Waals surface area contributed by atoms with Gasteiger partial charge in [0.05, 0.1) is 11.2 Å². The molecule has 8 nitrogen and oxygen atoms in total. The Hall–Kier alpha value is -2.52. The van der Waals surface area contributed by atoms with E-state index in [0.717, 1.165) is 0 Å². The molecule has 0 atom stereocenters. The van der Waals surface area contributed by atoms with Crippen LogP contribution in [0.5, 0.6) is 5.75 Å². The van der Waals surface area contributed by atoms with Crippen LogP contribution >= 0.6 is 0 Å². The summed E-state index contributed by atoms with van der Waals surface area (Å²) in [5.74, 6) is -1.58. The minimum Gasteiger partial charge on any atom is -0.507 e. The first-order valence-corrected chi connectivity index (χ1v) is 9.70. The minimum atomic E-state index is -1.22. The molecule has 1 aliphatic heterocycles. The molecule has 3 N–H and O–H groups in total. The van der Waals surface area contributed by atoms with E-state index in [1.165, 1.54) is 12.1 Å². The Kier molecular flexibility index (Phi) is 6.59. The summed E-state index contributed by atoms with van der Waals surface area (Å²) in [7, 11) is -0.744. The molecular formula is C21H30BNO7. The molecule has 0 radical (unpaired) electrons. The molecule has 1 aromatic rings. The fourth-order valence-corrected chi connectivity index (χ4v) is 2.72. The van der Waals surface area contributed by atoms with Gasteiger partial charge in [0.25, 0.3) is 0 Å². The van der Waals surface area contributed by atoms with E-state index >= 15 is 0 Å². The summed E-state index contributed by atoms with van der Waals surface area (Å²) in [5, 5.41) is 21.8. The van der Waals surface area contributed by atoms with E-state index in [1.807, 2.05) is 27.7 Å². The van der Waals surface area contributed by atoms with Crippen LogP contribution in [0.4, 0.5) is 4.79 Å². The van der Waals surface area contributed by atoms with Crippen molar-refractivity contribution in [3.05, 3.63) is 34.8 Å². The number of benzene rings is 1. The Balaban J connectivity index is 2.32. The molecule has 9 heteroatoms. The van der Waals surface area contributed by atoms with Gasteiger partial charge in [0, 0.05) is 6.54 Å². The Morgan fingerprint density at radius 2 is 1.73 bits per heavy atom. The summed E-state index contributed by atoms with van der Waals surface area (Å²) in [6.07, 6.45) is 1.10. The third-order valence-corrected chi connectivity index (χ3v) is 5.00. The number of alkyl carbamates (subject to hydrolysis) is 1. The maximum Gasteiger partial charge on any atom is 0.492 e. The number of hydrogen-bond donors (Lipinski definition) is 3. The fourth-order valence-electron chi connectivity index (χ4n) is 2.72. The highest BCUT2D eigenvalue weighted by atomic mass is 16.7. The quantitative estimate of drug-likeness (QED) is 0.625. The van der Waals surface area contributed by atoms with Gasteiger partial charge in [-0.2, -0.15) is 0 Å². The van der Waals surface area contributed by atoms with Crippen LogP contribution in [0.2, 0.25) is 0 Å². The highest BCUT2D eigenvalue weighted by Crippen LogP contribution is 2.38. The van der Waals surface area contributed by atoms with Gasteiger partial charge < -0.3 is 29.6 Å². The zero-order valence-electron chi connectivity index (χ0n) is 18.5. The second-order valence-electron chi connectivity index (χ2n) is 9.24. The number of carboxylic acid groups (broad SMARTS) is 1. The maximum absolute atomic E-state index is 12.1. The van der Waals surface area contributed by atoms with Gasteiger partial charge in [-0.3, -0.25) is 0 Å². The van der Waals surface area contributed by atoms with Gasteiger partial charge in [-0.25, -0.2) is 9.59 Å². The SMILES string of the molecule is CC(C)(C)OC(=O)NCC(=Cc1ccc(C(=O)O)c(O)c1)B1OC(C)(C)C(C)(C)O1. The average molecular weight is 419 g/mol. The molecule has 0 unspecified atom stereocenters. The molecule has 1 aliphatic rings. The van der Waals surface area contributed by atoms with Crippen molar-refractivity contribution in [2.24, 2.45) is 0 Å². The van der Waals surface area contributed by atoms with Crippen LogP contribution < -0.4 is 5.32 Å². The number of ether oxygens (including phenoxy) is 1. The van der Waals surface area contributed by atoms with Gasteiger partial charge >= 0.3 is 19.2 Å². The molecule has 0 aliphatic carbocycles. The van der Waals surface area contributed by atoms with Crippen LogP contribution in [0, 0.1) is 0 Å². The molecule has 30 heavy (non-hydrogen) atoms. The predicted molar refractivity (Wildman–Crippen MR) is 113 cm³/mol. The number of aromatic hydroxyl groups is 1. The van der Waals surface area contributed by atoms with Crippen molar-refractivity contribution >= 4 is 25.3 Å². The normalized spacial score (nSPS) is 18.2. The van der Waals surface area contributed by atoms with Crippen molar-refractivity contribution in [2.75, 3.05) is 6.54 Å². The van der Waals surface area contributed by atoms with Crippen molar-refractivity contribution < 1.29 is 33.8 Å². The lowest BCUT2D eigenvalue weighted by Gasteiger charge is -2.32. The molecule has 1 heterocycles. The third-order valence-electron chi connectivity index (χ3n) is 5.00. The molecule has 2 rings (SSSR count). The second kappa shape index (κ2) is 8.31. The summed E-state index contributed by atoms with van der Waals surface area (Å²) in [6.45, 7) is 13.0. The van der Waals surface area contributed by atoms with E-state index in [-0.39, 0.29) is 17.9 Å². The van der Waals surface area contributed by atoms with E-state index in [0.29, 0.717) is 11.0 Å². The molecule has 1 saturated heterocycles. The van der Waals surface area contributed by atoms with Crippen molar-refractivity contribution in [1.29, 1.82) is 0 Å². The van der Waals surface area contributed by atoms with Crippen LogP contribution in [0.15, 0.2) is 23.7 Å². The maximum atomic E-state index is 12.1. The van der Waals surface area contributed by atoms with Gasteiger partial charge in [0.1, 0.15) is 16.9 Å². The third kappa shape index (κ3) is 5.76. The minimum absolute atomic E-state index is 0.0766. The second-order valence-corrected chi connectivity index (χ2v) is 9.24. The number of amides is 1. The van der Waals surface area contributed by atoms with E-state index in [2.05, 4.69) is 5.32 Å². The van der Waals surface area contributed by atoms with Crippen LogP contribution in [-0.4, -0.2) is 52.7 Å². The molecule has 0 spiro atoms. The molecule has 164 valence electrons. The number of hydrogen-bond acceptors (Lipinski definition) is 6. The summed E-state index contributed by atoms with van der Waals surface area (Å²) >= 11 is 0. The van der Waals surface area contributed by atoms with Crippen molar-refractivity contribution in [2.45, 2.75) is 65.3 Å². The Labute approximate surface area is 177 Å². The Bertz CT molecular complexity index is 839. The molecule has 1 amide bonds. The number of nitrogens with one attached hydrogen (secondary N) is 1. The van der Waals surface area contributed by atoms with Crippen molar-refractivity contribution in [3.8, 4) is 5.75 Å². The topological polar surface area (TPSA) is 114 Å². The summed E-state index contributed by atoms with van der Waals surface area (Å²) in [6, 6.07) is 4.21. The Morgan fingerprint density at radius 3 is 2.20 bits per heavy atom. The van der Waals surface area contributed by atoms with Gasteiger partial charge in [0.2, 0.25) is 0 Å². The van der Waals surface area contributed by atoms with Gasteiger partial charge in [0.15, 0.2) is 0 Å². The van der Waals surface area contributed by atoms with Gasteiger partial charge in [-0.1, -0.05) is 12.1 Å². The Morgan fingerprint density at radius 1 is 1.17 bits per heavy atom. The monoisotopic (exact) mass is 419 g/mol. The highest BCUT2D eigenvalue weighted by molar-refractivity contribution is 6.56. The standard InChI is InChI=1S/C21H30BNO7/c1-19(2,3)28-18(27)23-12-14(22-29-20(4,5)21(6,7)30-22)10-13-8-9-15(17(25)26)16(24)11-13/h8-11,24H,12H2,1-7H3,(H,23,27)(H,25,26). The summed E-state index contributed by atoms with van der Waals surface area (Å²) in [5.41, 5.74) is -0.890. The number of rotatable bonds is 5. The molecular weight excluding hydrogens is 389 g/mol. The van der Waals surface area contributed by atoms with Crippen LogP contribution in [0.1, 0.15) is 64.4 Å². The fraction of sp³-hybridized carbons (Fsp3) is 0.524. The molecule has 1 fully saturated rings. The van der Waals surface area contributed by atoms with Crippen LogP contribution in [0.25, 0.3) is 6.08 Å². The largest absolute Gasteiger partial charge is 0.507 e. The number of aromatic carboxylic acids is 1. The lowest BCUT2D eigenvalue weighted by molar-refractivity contribution is 0.00578. The number of carbonyl (C=O) groups is 2. The first-order valence-electron chi connectivity index (χ1n) is 9.70. The summed E-state index contributed by atoms with van der Waals surface area (Å²) < 4.78 is 17.4. The predicted octanol–water partition coefficient (Wildman–Crippen LogP) is 3.63. The van der Waals surface area contributed by atoms with Crippen LogP contribution in [0.3, 0.4) is 0 Å². The van der Waals surface area contributed by atoms with Crippen molar-refractivity contribution in [3.63, 3.8) is 0 Å². The van der Waals surface area contributed by atoms with E-state index in [1.54, 1.807) is 32.9 Å². The average Bonchev–Trinajstić information content (AvgIpc) is 2.77. The lowest BCUT2D eigenvalue weighted by Crippen LogP contribution is -2.41. The van der Waals surface area contributed by atoms with Crippen LogP contribution in [-0.2, 0) is 14.0 Å². The van der Waals surface area contributed by atoms with E-state index in [9.17, 15) is 14.7 Å². The van der Waals surface area contributed by atoms with E-state index in [4.69, 9.17) is 19.2 Å². The molecule has 0 aromatic heterocycles. The molecule has 1 aromatic carbocycles. The molecule has 0 saturated carbocycles. The zero-order chi connectivity index (χ0) is 22.9. The highest BCUT2D eigenvalue weighted by Gasteiger charge is 2.52. The first kappa shape index (κ1) is 23.8. The lowest BCUT2D eigenvalue weighted by atomic mass is 9.77. The number of phenols is 1. The smallest absolute Gasteiger partial charge is 0.492 e. The first-order chi connectivity index (χ1) is 13.6. The zero-order valence-corrected chi connectivity index (χ0v) is 18.5. The summed E-state index contributed by atoms with van der Waals surface area (Å²) in [4.78, 5) is 23.2.